The molecule has 1 fully saturated rings. The average molecular weight is 249 g/mol. The van der Waals surface area contributed by atoms with Gasteiger partial charge in [-0.15, -0.1) is 0 Å². The molecule has 0 spiro atoms. The molecular formula is C15H23NO2. The number of hydrogen-bond acceptors (Lipinski definition) is 3. The summed E-state index contributed by atoms with van der Waals surface area (Å²) in [5, 5.41) is 3.47. The number of hydrogen-bond donors (Lipinski definition) is 1. The van der Waals surface area contributed by atoms with Crippen molar-refractivity contribution in [1.29, 1.82) is 0 Å². The molecule has 1 N–H and O–H groups in total. The van der Waals surface area contributed by atoms with Crippen molar-refractivity contribution in [3.05, 3.63) is 23.3 Å². The summed E-state index contributed by atoms with van der Waals surface area (Å²) in [6.07, 6.45) is 2.48. The summed E-state index contributed by atoms with van der Waals surface area (Å²) in [4.78, 5) is 0. The minimum Gasteiger partial charge on any atom is -0.497 e. The molecule has 1 aromatic rings. The lowest BCUT2D eigenvalue weighted by Gasteiger charge is -2.22. The lowest BCUT2D eigenvalue weighted by molar-refractivity contribution is 0.385. The van der Waals surface area contributed by atoms with Gasteiger partial charge in [-0.2, -0.15) is 0 Å². The Balaban J connectivity index is 2.37. The third kappa shape index (κ3) is 2.32. The zero-order chi connectivity index (χ0) is 13.2. The molecule has 3 heteroatoms. The molecule has 1 aliphatic carbocycles. The predicted molar refractivity (Wildman–Crippen MR) is 73.7 cm³/mol. The van der Waals surface area contributed by atoms with E-state index in [0.717, 1.165) is 24.6 Å². The Morgan fingerprint density at radius 2 is 1.94 bits per heavy atom. The van der Waals surface area contributed by atoms with Crippen molar-refractivity contribution in [2.75, 3.05) is 27.3 Å². The van der Waals surface area contributed by atoms with E-state index < -0.39 is 0 Å². The van der Waals surface area contributed by atoms with Gasteiger partial charge in [0.15, 0.2) is 0 Å². The van der Waals surface area contributed by atoms with Crippen molar-refractivity contribution >= 4 is 0 Å². The molecule has 0 bridgehead atoms. The van der Waals surface area contributed by atoms with Gasteiger partial charge in [0.1, 0.15) is 11.5 Å². The van der Waals surface area contributed by atoms with Gasteiger partial charge in [-0.05, 0) is 37.9 Å². The minimum absolute atomic E-state index is 0.276. The van der Waals surface area contributed by atoms with Crippen molar-refractivity contribution in [1.82, 2.24) is 5.32 Å². The zero-order valence-corrected chi connectivity index (χ0v) is 11.8. The molecule has 0 unspecified atom stereocenters. The second-order valence-corrected chi connectivity index (χ2v) is 5.08. The van der Waals surface area contributed by atoms with E-state index in [2.05, 4.69) is 25.2 Å². The van der Waals surface area contributed by atoms with Crippen LogP contribution in [0.15, 0.2) is 12.1 Å². The third-order valence-corrected chi connectivity index (χ3v) is 3.83. The van der Waals surface area contributed by atoms with Crippen LogP contribution in [-0.4, -0.2) is 27.3 Å². The summed E-state index contributed by atoms with van der Waals surface area (Å²) in [5.74, 6) is 1.83. The summed E-state index contributed by atoms with van der Waals surface area (Å²) >= 11 is 0. The molecule has 0 atom stereocenters. The lowest BCUT2D eigenvalue weighted by Crippen LogP contribution is -2.27. The number of likely N-dealkylation sites (N-methyl/N-ethyl adjacent to an activating group) is 1. The van der Waals surface area contributed by atoms with E-state index in [9.17, 15) is 0 Å². The smallest absolute Gasteiger partial charge is 0.126 e. The highest BCUT2D eigenvalue weighted by Crippen LogP contribution is 2.52. The number of ether oxygens (including phenoxy) is 2. The molecule has 0 aliphatic heterocycles. The van der Waals surface area contributed by atoms with E-state index in [0.29, 0.717) is 0 Å². The Kier molecular flexibility index (Phi) is 3.81. The molecule has 0 radical (unpaired) electrons. The Labute approximate surface area is 109 Å². The molecule has 0 aromatic heterocycles. The maximum atomic E-state index is 5.57. The lowest BCUT2D eigenvalue weighted by atomic mass is 9.90. The van der Waals surface area contributed by atoms with E-state index in [1.165, 1.54) is 24.0 Å². The Morgan fingerprint density at radius 3 is 2.44 bits per heavy atom. The fourth-order valence-corrected chi connectivity index (χ4v) is 2.71. The molecule has 1 aromatic carbocycles. The first kappa shape index (κ1) is 13.2. The van der Waals surface area contributed by atoms with Crippen LogP contribution in [0, 0.1) is 6.92 Å². The SMILES string of the molecule is CCNCC1(c2c(C)cc(OC)cc2OC)CC1. The Bertz CT molecular complexity index is 425. The highest BCUT2D eigenvalue weighted by atomic mass is 16.5. The van der Waals surface area contributed by atoms with E-state index in [4.69, 9.17) is 9.47 Å². The average Bonchev–Trinajstić information content (AvgIpc) is 3.16. The van der Waals surface area contributed by atoms with Crippen LogP contribution in [-0.2, 0) is 5.41 Å². The van der Waals surface area contributed by atoms with E-state index in [-0.39, 0.29) is 5.41 Å². The highest BCUT2D eigenvalue weighted by Gasteiger charge is 2.46. The molecule has 2 rings (SSSR count). The molecule has 1 saturated carbocycles. The van der Waals surface area contributed by atoms with Gasteiger partial charge < -0.3 is 14.8 Å². The predicted octanol–water partition coefficient (Wildman–Crippen LogP) is 2.65. The van der Waals surface area contributed by atoms with Crippen LogP contribution in [0.25, 0.3) is 0 Å². The number of rotatable bonds is 6. The molecule has 0 saturated heterocycles. The van der Waals surface area contributed by atoms with Gasteiger partial charge in [0.2, 0.25) is 0 Å². The summed E-state index contributed by atoms with van der Waals surface area (Å²) < 4.78 is 10.9. The van der Waals surface area contributed by atoms with Crippen molar-refractivity contribution in [2.45, 2.75) is 32.1 Å². The topological polar surface area (TPSA) is 30.5 Å². The van der Waals surface area contributed by atoms with Gasteiger partial charge in [-0.1, -0.05) is 6.92 Å². The van der Waals surface area contributed by atoms with Crippen molar-refractivity contribution in [2.24, 2.45) is 0 Å². The van der Waals surface area contributed by atoms with Crippen LogP contribution in [0.5, 0.6) is 11.5 Å². The van der Waals surface area contributed by atoms with Crippen LogP contribution in [0.2, 0.25) is 0 Å². The van der Waals surface area contributed by atoms with E-state index in [1.807, 2.05) is 6.07 Å². The van der Waals surface area contributed by atoms with Gasteiger partial charge in [-0.25, -0.2) is 0 Å². The van der Waals surface area contributed by atoms with E-state index >= 15 is 0 Å². The van der Waals surface area contributed by atoms with Gasteiger partial charge in [0.05, 0.1) is 14.2 Å². The summed E-state index contributed by atoms with van der Waals surface area (Å²) in [5.41, 5.74) is 2.89. The number of aryl methyl sites for hydroxylation is 1. The fraction of sp³-hybridized carbons (Fsp3) is 0.600. The second kappa shape index (κ2) is 5.19. The summed E-state index contributed by atoms with van der Waals surface area (Å²) in [7, 11) is 3.43. The maximum absolute atomic E-state index is 5.57. The van der Waals surface area contributed by atoms with Gasteiger partial charge >= 0.3 is 0 Å². The van der Waals surface area contributed by atoms with Crippen LogP contribution >= 0.6 is 0 Å². The highest BCUT2D eigenvalue weighted by molar-refractivity contribution is 5.52. The van der Waals surface area contributed by atoms with E-state index in [1.54, 1.807) is 14.2 Å². The molecule has 3 nitrogen and oxygen atoms in total. The molecule has 18 heavy (non-hydrogen) atoms. The summed E-state index contributed by atoms with van der Waals surface area (Å²) in [6.45, 7) is 6.34. The van der Waals surface area contributed by atoms with Crippen LogP contribution in [0.1, 0.15) is 30.9 Å². The molecule has 0 amide bonds. The van der Waals surface area contributed by atoms with Gasteiger partial charge in [-0.3, -0.25) is 0 Å². The number of benzene rings is 1. The van der Waals surface area contributed by atoms with Crippen molar-refractivity contribution < 1.29 is 9.47 Å². The monoisotopic (exact) mass is 249 g/mol. The first-order valence-electron chi connectivity index (χ1n) is 6.60. The third-order valence-electron chi connectivity index (χ3n) is 3.83. The first-order chi connectivity index (χ1) is 8.66. The molecule has 0 heterocycles. The van der Waals surface area contributed by atoms with Gasteiger partial charge in [0.25, 0.3) is 0 Å². The Hall–Kier alpha value is -1.22. The summed E-state index contributed by atoms with van der Waals surface area (Å²) in [6, 6.07) is 4.10. The normalized spacial score (nSPS) is 16.4. The molecule has 1 aliphatic rings. The van der Waals surface area contributed by atoms with Crippen molar-refractivity contribution in [3.8, 4) is 11.5 Å². The Morgan fingerprint density at radius 1 is 1.22 bits per heavy atom. The fourth-order valence-electron chi connectivity index (χ4n) is 2.71. The maximum Gasteiger partial charge on any atom is 0.126 e. The second-order valence-electron chi connectivity index (χ2n) is 5.08. The van der Waals surface area contributed by atoms with Crippen molar-refractivity contribution in [3.63, 3.8) is 0 Å². The quantitative estimate of drug-likeness (QED) is 0.840. The first-order valence-corrected chi connectivity index (χ1v) is 6.60. The standard InChI is InChI=1S/C15H23NO2/c1-5-16-10-15(6-7-15)14-11(2)8-12(17-3)9-13(14)18-4/h8-9,16H,5-7,10H2,1-4H3. The molecule has 100 valence electrons. The number of nitrogens with one attached hydrogen (secondary N) is 1. The van der Waals surface area contributed by atoms with Crippen LogP contribution in [0.3, 0.4) is 0 Å². The van der Waals surface area contributed by atoms with Gasteiger partial charge in [0, 0.05) is 23.6 Å². The zero-order valence-electron chi connectivity index (χ0n) is 11.8. The largest absolute Gasteiger partial charge is 0.497 e. The minimum atomic E-state index is 0.276. The van der Waals surface area contributed by atoms with Crippen LogP contribution in [0.4, 0.5) is 0 Å². The number of methoxy groups -OCH3 is 2. The molecular weight excluding hydrogens is 226 g/mol. The van der Waals surface area contributed by atoms with Crippen LogP contribution < -0.4 is 14.8 Å².